The summed E-state index contributed by atoms with van der Waals surface area (Å²) >= 11 is 0. The van der Waals surface area contributed by atoms with E-state index >= 15 is 0 Å². The fourth-order valence-corrected chi connectivity index (χ4v) is 7.03. The fraction of sp³-hybridized carbons (Fsp3) is 0.140. The minimum absolute atomic E-state index is 0.0734. The molecule has 0 aliphatic rings. The number of carboxylic acids is 1. The van der Waals surface area contributed by atoms with Crippen LogP contribution in [0.3, 0.4) is 0 Å². The summed E-state index contributed by atoms with van der Waals surface area (Å²) in [6.45, 7) is 3.50. The Hall–Kier alpha value is -6.43. The quantitative estimate of drug-likeness (QED) is 0.150. The molecule has 0 aliphatic carbocycles. The predicted octanol–water partition coefficient (Wildman–Crippen LogP) is 11.3. The molecule has 0 aliphatic heterocycles. The summed E-state index contributed by atoms with van der Waals surface area (Å²) in [6.07, 6.45) is -6.55. The highest BCUT2D eigenvalue weighted by molar-refractivity contribution is 6.00. The van der Waals surface area contributed by atoms with Crippen LogP contribution in [-0.2, 0) is 23.8 Å². The molecule has 1 unspecified atom stereocenters. The van der Waals surface area contributed by atoms with Gasteiger partial charge in [-0.2, -0.15) is 26.3 Å². The Morgan fingerprint density at radius 3 is 1.85 bits per heavy atom. The number of fused-ring (bicyclic) bond motifs is 2. The number of benzene rings is 5. The third-order valence-corrected chi connectivity index (χ3v) is 9.49. The monoisotopic (exact) mass is 752 g/mol. The smallest absolute Gasteiger partial charge is 0.418 e. The molecule has 2 N–H and O–H groups in total. The Labute approximate surface area is 310 Å². The van der Waals surface area contributed by atoms with Crippen LogP contribution in [0.2, 0.25) is 0 Å². The molecule has 2 aromatic heterocycles. The molecule has 55 heavy (non-hydrogen) atoms. The number of aromatic nitrogens is 2. The van der Waals surface area contributed by atoms with Crippen molar-refractivity contribution in [3.05, 3.63) is 154 Å². The molecule has 7 aromatic rings. The van der Waals surface area contributed by atoms with E-state index in [1.54, 1.807) is 68.4 Å². The number of aromatic hydroxyl groups is 1. The first-order valence-corrected chi connectivity index (χ1v) is 16.9. The Morgan fingerprint density at radius 2 is 1.27 bits per heavy atom. The van der Waals surface area contributed by atoms with Gasteiger partial charge in [0.1, 0.15) is 24.0 Å². The second kappa shape index (κ2) is 14.1. The maximum absolute atomic E-state index is 13.9. The second-order valence-electron chi connectivity index (χ2n) is 13.1. The highest BCUT2D eigenvalue weighted by atomic mass is 19.4. The standard InChI is InChI=1S/C43H30F6N2O4/c1-23-20-50-39-31(8-4-10-34(39)42(44,45)46)36(23)27-6-3-7-29(18-27)55-22-25-12-14-26(15-13-25)38(41(53)54)30-17-16-28(52)19-33(30)37-24(2)21-51-40-32(37)9-5-11-35(40)43(47,48)49/h3-21,38,52H,22H2,1-2H3,(H,53,54). The average molecular weight is 753 g/mol. The normalized spacial score (nSPS) is 12.6. The van der Waals surface area contributed by atoms with E-state index in [1.165, 1.54) is 48.8 Å². The number of pyridine rings is 2. The fourth-order valence-electron chi connectivity index (χ4n) is 7.03. The summed E-state index contributed by atoms with van der Waals surface area (Å²) in [4.78, 5) is 21.1. The first-order chi connectivity index (χ1) is 26.1. The summed E-state index contributed by atoms with van der Waals surface area (Å²) in [7, 11) is 0. The number of hydrogen-bond donors (Lipinski definition) is 2. The third-order valence-electron chi connectivity index (χ3n) is 9.49. The maximum atomic E-state index is 13.9. The van der Waals surface area contributed by atoms with Crippen molar-refractivity contribution in [3.8, 4) is 33.8 Å². The molecular formula is C43H30F6N2O4. The predicted molar refractivity (Wildman–Crippen MR) is 196 cm³/mol. The number of nitrogens with zero attached hydrogens (tertiary/aromatic N) is 2. The lowest BCUT2D eigenvalue weighted by molar-refractivity contribution is -0.138. The van der Waals surface area contributed by atoms with Gasteiger partial charge in [-0.05, 0) is 100 Å². The molecule has 0 fully saturated rings. The zero-order valence-corrected chi connectivity index (χ0v) is 29.1. The van der Waals surface area contributed by atoms with Crippen molar-refractivity contribution >= 4 is 27.8 Å². The van der Waals surface area contributed by atoms with E-state index in [0.717, 1.165) is 12.1 Å². The summed E-state index contributed by atoms with van der Waals surface area (Å²) in [6, 6.07) is 25.3. The molecule has 1 atom stereocenters. The van der Waals surface area contributed by atoms with Crippen molar-refractivity contribution in [1.82, 2.24) is 9.97 Å². The molecule has 0 amide bonds. The average Bonchev–Trinajstić information content (AvgIpc) is 3.14. The van der Waals surface area contributed by atoms with Gasteiger partial charge in [-0.3, -0.25) is 14.8 Å². The van der Waals surface area contributed by atoms with E-state index in [9.17, 15) is 41.4 Å². The zero-order chi connectivity index (χ0) is 39.2. The molecule has 5 aromatic carbocycles. The molecule has 0 radical (unpaired) electrons. The molecule has 0 bridgehead atoms. The van der Waals surface area contributed by atoms with E-state index < -0.39 is 35.4 Å². The molecule has 12 heteroatoms. The first kappa shape index (κ1) is 36.9. The van der Waals surface area contributed by atoms with Crippen molar-refractivity contribution in [2.45, 2.75) is 38.7 Å². The van der Waals surface area contributed by atoms with E-state index in [-0.39, 0.29) is 39.9 Å². The number of aliphatic carboxylic acids is 1. The number of phenolic OH excluding ortho intramolecular Hbond substituents is 1. The summed E-state index contributed by atoms with van der Waals surface area (Å²) in [5.74, 6) is -2.24. The van der Waals surface area contributed by atoms with Gasteiger partial charge in [0.15, 0.2) is 0 Å². The van der Waals surface area contributed by atoms with Crippen LogP contribution in [0.1, 0.15) is 44.9 Å². The van der Waals surface area contributed by atoms with Gasteiger partial charge in [-0.25, -0.2) is 0 Å². The van der Waals surface area contributed by atoms with Gasteiger partial charge >= 0.3 is 18.3 Å². The molecule has 6 nitrogen and oxygen atoms in total. The molecular weight excluding hydrogens is 722 g/mol. The second-order valence-corrected chi connectivity index (χ2v) is 13.1. The van der Waals surface area contributed by atoms with Crippen LogP contribution in [-0.4, -0.2) is 26.2 Å². The lowest BCUT2D eigenvalue weighted by Crippen LogP contribution is -2.15. The molecule has 7 rings (SSSR count). The number of aryl methyl sites for hydroxylation is 2. The SMILES string of the molecule is Cc1cnc2c(C(F)(F)F)cccc2c1-c1cccc(OCc2ccc(C(C(=O)O)c3ccc(O)cc3-c3c(C)cnc4c(C(F)(F)F)cccc34)cc2)c1. The Kier molecular flexibility index (Phi) is 9.46. The van der Waals surface area contributed by atoms with Crippen LogP contribution in [0.25, 0.3) is 44.1 Å². The largest absolute Gasteiger partial charge is 0.508 e. The van der Waals surface area contributed by atoms with Crippen LogP contribution >= 0.6 is 0 Å². The first-order valence-electron chi connectivity index (χ1n) is 16.9. The number of alkyl halides is 6. The Balaban J connectivity index is 1.19. The van der Waals surface area contributed by atoms with Crippen molar-refractivity contribution in [2.24, 2.45) is 0 Å². The van der Waals surface area contributed by atoms with E-state index in [4.69, 9.17) is 4.74 Å². The lowest BCUT2D eigenvalue weighted by atomic mass is 9.83. The van der Waals surface area contributed by atoms with Gasteiger partial charge in [0.05, 0.1) is 22.2 Å². The van der Waals surface area contributed by atoms with E-state index in [1.807, 2.05) is 0 Å². The van der Waals surface area contributed by atoms with Crippen molar-refractivity contribution in [2.75, 3.05) is 0 Å². The van der Waals surface area contributed by atoms with Crippen LogP contribution in [0.15, 0.2) is 116 Å². The molecule has 0 saturated carbocycles. The zero-order valence-electron chi connectivity index (χ0n) is 29.1. The van der Waals surface area contributed by atoms with E-state index in [0.29, 0.717) is 50.1 Å². The van der Waals surface area contributed by atoms with Gasteiger partial charge in [-0.15, -0.1) is 0 Å². The molecule has 278 valence electrons. The van der Waals surface area contributed by atoms with Gasteiger partial charge in [-0.1, -0.05) is 66.7 Å². The van der Waals surface area contributed by atoms with Gasteiger partial charge in [0.25, 0.3) is 0 Å². The van der Waals surface area contributed by atoms with Crippen LogP contribution < -0.4 is 4.74 Å². The molecule has 0 saturated heterocycles. The van der Waals surface area contributed by atoms with Crippen molar-refractivity contribution in [1.29, 1.82) is 0 Å². The van der Waals surface area contributed by atoms with Crippen LogP contribution in [0.4, 0.5) is 26.3 Å². The highest BCUT2D eigenvalue weighted by Gasteiger charge is 2.35. The number of halogens is 6. The third kappa shape index (κ3) is 7.15. The number of carbonyl (C=O) groups is 1. The van der Waals surface area contributed by atoms with Gasteiger partial charge in [0.2, 0.25) is 0 Å². The Morgan fingerprint density at radius 1 is 0.709 bits per heavy atom. The molecule has 2 heterocycles. The summed E-state index contributed by atoms with van der Waals surface area (Å²) in [5.41, 5.74) is 2.05. The van der Waals surface area contributed by atoms with Crippen LogP contribution in [0.5, 0.6) is 11.5 Å². The van der Waals surface area contributed by atoms with Gasteiger partial charge in [0, 0.05) is 23.2 Å². The topological polar surface area (TPSA) is 92.5 Å². The number of carboxylic acid groups (broad SMARTS) is 1. The Bertz CT molecular complexity index is 2600. The maximum Gasteiger partial charge on any atom is 0.418 e. The summed E-state index contributed by atoms with van der Waals surface area (Å²) < 4.78 is 89.1. The number of rotatable bonds is 8. The van der Waals surface area contributed by atoms with Crippen molar-refractivity contribution < 1.29 is 46.1 Å². The lowest BCUT2D eigenvalue weighted by Gasteiger charge is -2.21. The van der Waals surface area contributed by atoms with Crippen molar-refractivity contribution in [3.63, 3.8) is 0 Å². The van der Waals surface area contributed by atoms with E-state index in [2.05, 4.69) is 9.97 Å². The number of ether oxygens (including phenoxy) is 1. The number of hydrogen-bond acceptors (Lipinski definition) is 5. The van der Waals surface area contributed by atoms with Crippen LogP contribution in [0, 0.1) is 13.8 Å². The van der Waals surface area contributed by atoms with Gasteiger partial charge < -0.3 is 14.9 Å². The number of phenols is 1. The summed E-state index contributed by atoms with van der Waals surface area (Å²) in [5, 5.41) is 21.5. The minimum Gasteiger partial charge on any atom is -0.508 e. The highest BCUT2D eigenvalue weighted by Crippen LogP contribution is 2.43. The molecule has 0 spiro atoms. The number of para-hydroxylation sites is 2. The minimum atomic E-state index is -4.68.